The van der Waals surface area contributed by atoms with E-state index in [2.05, 4.69) is 15.6 Å². The summed E-state index contributed by atoms with van der Waals surface area (Å²) in [5, 5.41) is 0. The van der Waals surface area contributed by atoms with E-state index in [9.17, 15) is 9.59 Å². The van der Waals surface area contributed by atoms with Crippen LogP contribution in [0.3, 0.4) is 0 Å². The van der Waals surface area contributed by atoms with Gasteiger partial charge < -0.3 is 4.74 Å². The molecule has 2 amide bonds. The second-order valence-electron chi connectivity index (χ2n) is 3.60. The van der Waals surface area contributed by atoms with Crippen LogP contribution in [-0.2, 0) is 4.74 Å². The van der Waals surface area contributed by atoms with E-state index in [-0.39, 0.29) is 12.5 Å². The lowest BCUT2D eigenvalue weighted by molar-refractivity contribution is 0.0912. The van der Waals surface area contributed by atoms with Crippen molar-refractivity contribution in [2.24, 2.45) is 0 Å². The molecule has 1 aromatic carbocycles. The summed E-state index contributed by atoms with van der Waals surface area (Å²) < 4.78 is 4.61. The topological polar surface area (TPSA) is 67.4 Å². The fraction of sp³-hybridized carbons (Fsp3) is 0.333. The Bertz CT molecular complexity index is 430. The molecule has 0 aliphatic heterocycles. The van der Waals surface area contributed by atoms with Crippen LogP contribution in [-0.4, -0.2) is 18.6 Å². The Morgan fingerprint density at radius 1 is 1.18 bits per heavy atom. The highest BCUT2D eigenvalue weighted by Gasteiger charge is 2.08. The number of hydrogen-bond acceptors (Lipinski definition) is 3. The van der Waals surface area contributed by atoms with Crippen molar-refractivity contribution in [2.45, 2.75) is 20.8 Å². The van der Waals surface area contributed by atoms with Crippen LogP contribution in [0.4, 0.5) is 4.79 Å². The molecule has 0 atom stereocenters. The van der Waals surface area contributed by atoms with Crippen LogP contribution in [0.1, 0.15) is 28.4 Å². The first-order chi connectivity index (χ1) is 8.04. The molecule has 0 saturated carbocycles. The van der Waals surface area contributed by atoms with Crippen LogP contribution >= 0.6 is 0 Å². The van der Waals surface area contributed by atoms with Gasteiger partial charge in [-0.2, -0.15) is 0 Å². The maximum absolute atomic E-state index is 11.6. The average Bonchev–Trinajstić information content (AvgIpc) is 2.30. The Kier molecular flexibility index (Phi) is 4.51. The van der Waals surface area contributed by atoms with Gasteiger partial charge >= 0.3 is 6.09 Å². The Balaban J connectivity index is 2.58. The molecule has 1 aromatic rings. The molecule has 17 heavy (non-hydrogen) atoms. The Morgan fingerprint density at radius 2 is 1.88 bits per heavy atom. The lowest BCUT2D eigenvalue weighted by Crippen LogP contribution is -2.41. The zero-order valence-electron chi connectivity index (χ0n) is 10.2. The van der Waals surface area contributed by atoms with Crippen molar-refractivity contribution in [3.05, 3.63) is 34.9 Å². The summed E-state index contributed by atoms with van der Waals surface area (Å²) in [6.45, 7) is 5.83. The summed E-state index contributed by atoms with van der Waals surface area (Å²) in [4.78, 5) is 22.6. The largest absolute Gasteiger partial charge is 0.449 e. The Labute approximate surface area is 100 Å². The molecule has 5 nitrogen and oxygen atoms in total. The van der Waals surface area contributed by atoms with Crippen LogP contribution in [0.25, 0.3) is 0 Å². The zero-order valence-corrected chi connectivity index (χ0v) is 10.2. The smallest absolute Gasteiger partial charge is 0.426 e. The van der Waals surface area contributed by atoms with Gasteiger partial charge in [0.2, 0.25) is 0 Å². The first-order valence-electron chi connectivity index (χ1n) is 5.35. The fourth-order valence-corrected chi connectivity index (χ4v) is 1.23. The molecule has 92 valence electrons. The zero-order chi connectivity index (χ0) is 12.8. The van der Waals surface area contributed by atoms with Crippen molar-refractivity contribution in [3.8, 4) is 0 Å². The van der Waals surface area contributed by atoms with Gasteiger partial charge in [-0.05, 0) is 44.0 Å². The van der Waals surface area contributed by atoms with Crippen LogP contribution in [0.15, 0.2) is 18.2 Å². The van der Waals surface area contributed by atoms with Crippen LogP contribution in [0.2, 0.25) is 0 Å². The number of hydrazine groups is 1. The normalized spacial score (nSPS) is 9.59. The van der Waals surface area contributed by atoms with Crippen LogP contribution < -0.4 is 10.9 Å². The van der Waals surface area contributed by atoms with Gasteiger partial charge in [0, 0.05) is 5.56 Å². The monoisotopic (exact) mass is 236 g/mol. The van der Waals surface area contributed by atoms with E-state index in [0.717, 1.165) is 11.1 Å². The Morgan fingerprint density at radius 3 is 2.47 bits per heavy atom. The molecule has 0 saturated heterocycles. The van der Waals surface area contributed by atoms with Gasteiger partial charge in [0.05, 0.1) is 6.61 Å². The number of hydrogen-bond donors (Lipinski definition) is 2. The third-order valence-electron chi connectivity index (χ3n) is 2.32. The molecule has 1 rings (SSSR count). The molecule has 0 fully saturated rings. The van der Waals surface area contributed by atoms with Crippen LogP contribution in [0.5, 0.6) is 0 Å². The van der Waals surface area contributed by atoms with Gasteiger partial charge in [-0.25, -0.2) is 10.2 Å². The minimum Gasteiger partial charge on any atom is -0.449 e. The molecule has 0 aromatic heterocycles. The number of nitrogens with one attached hydrogen (secondary N) is 2. The highest BCUT2D eigenvalue weighted by molar-refractivity contribution is 5.95. The van der Waals surface area contributed by atoms with Gasteiger partial charge in [0.15, 0.2) is 0 Å². The van der Waals surface area contributed by atoms with E-state index in [0.29, 0.717) is 5.56 Å². The molecule has 0 bridgehead atoms. The number of benzene rings is 1. The summed E-state index contributed by atoms with van der Waals surface area (Å²) in [7, 11) is 0. The maximum Gasteiger partial charge on any atom is 0.426 e. The van der Waals surface area contributed by atoms with Crippen molar-refractivity contribution >= 4 is 12.0 Å². The summed E-state index contributed by atoms with van der Waals surface area (Å²) >= 11 is 0. The number of amides is 2. The maximum atomic E-state index is 11.6. The Hall–Kier alpha value is -2.04. The van der Waals surface area contributed by atoms with E-state index in [1.54, 1.807) is 19.1 Å². The summed E-state index contributed by atoms with van der Waals surface area (Å²) in [5.74, 6) is -0.374. The molecule has 0 heterocycles. The van der Waals surface area contributed by atoms with E-state index < -0.39 is 6.09 Å². The number of carbonyl (C=O) groups excluding carboxylic acids is 2. The molecule has 2 N–H and O–H groups in total. The van der Waals surface area contributed by atoms with Crippen molar-refractivity contribution in [3.63, 3.8) is 0 Å². The van der Waals surface area contributed by atoms with Gasteiger partial charge in [0.25, 0.3) is 5.91 Å². The molecule has 0 radical (unpaired) electrons. The minimum absolute atomic E-state index is 0.255. The first kappa shape index (κ1) is 13.0. The van der Waals surface area contributed by atoms with Gasteiger partial charge in [-0.1, -0.05) is 6.07 Å². The van der Waals surface area contributed by atoms with E-state index in [1.807, 2.05) is 19.9 Å². The minimum atomic E-state index is -0.676. The van der Waals surface area contributed by atoms with Crippen molar-refractivity contribution in [1.29, 1.82) is 0 Å². The third kappa shape index (κ3) is 3.79. The molecule has 5 heteroatoms. The number of ether oxygens (including phenoxy) is 1. The summed E-state index contributed by atoms with van der Waals surface area (Å²) in [5.41, 5.74) is 7.05. The SMILES string of the molecule is CCOC(=O)NNC(=O)c1ccc(C)c(C)c1. The number of carbonyl (C=O) groups is 2. The summed E-state index contributed by atoms with van der Waals surface area (Å²) in [6, 6.07) is 5.32. The quantitative estimate of drug-likeness (QED) is 0.768. The van der Waals surface area contributed by atoms with E-state index >= 15 is 0 Å². The van der Waals surface area contributed by atoms with Crippen molar-refractivity contribution in [2.75, 3.05) is 6.61 Å². The molecule has 0 aliphatic carbocycles. The standard InChI is InChI=1S/C12H16N2O3/c1-4-17-12(16)14-13-11(15)10-6-5-8(2)9(3)7-10/h5-7H,4H2,1-3H3,(H,13,15)(H,14,16). The average molecular weight is 236 g/mol. The highest BCUT2D eigenvalue weighted by atomic mass is 16.5. The molecular formula is C12H16N2O3. The van der Waals surface area contributed by atoms with E-state index in [1.165, 1.54) is 0 Å². The predicted octanol–water partition coefficient (Wildman–Crippen LogP) is 1.69. The molecule has 0 aliphatic rings. The number of rotatable bonds is 2. The fourth-order valence-electron chi connectivity index (χ4n) is 1.23. The van der Waals surface area contributed by atoms with Gasteiger partial charge in [-0.15, -0.1) is 0 Å². The van der Waals surface area contributed by atoms with Crippen molar-refractivity contribution < 1.29 is 14.3 Å². The third-order valence-corrected chi connectivity index (χ3v) is 2.32. The summed E-state index contributed by atoms with van der Waals surface area (Å²) in [6.07, 6.45) is -0.676. The second kappa shape index (κ2) is 5.89. The molecule has 0 spiro atoms. The predicted molar refractivity (Wildman–Crippen MR) is 63.5 cm³/mol. The van der Waals surface area contributed by atoms with Crippen molar-refractivity contribution in [1.82, 2.24) is 10.9 Å². The van der Waals surface area contributed by atoms with E-state index in [4.69, 9.17) is 0 Å². The lowest BCUT2D eigenvalue weighted by Gasteiger charge is -2.08. The second-order valence-corrected chi connectivity index (χ2v) is 3.60. The molecule has 0 unspecified atom stereocenters. The highest BCUT2D eigenvalue weighted by Crippen LogP contribution is 2.09. The number of aryl methyl sites for hydroxylation is 2. The molecular weight excluding hydrogens is 220 g/mol. The first-order valence-corrected chi connectivity index (χ1v) is 5.35. The van der Waals surface area contributed by atoms with Crippen LogP contribution in [0, 0.1) is 13.8 Å². The van der Waals surface area contributed by atoms with Gasteiger partial charge in [0.1, 0.15) is 0 Å². The lowest BCUT2D eigenvalue weighted by atomic mass is 10.1. The van der Waals surface area contributed by atoms with Gasteiger partial charge in [-0.3, -0.25) is 10.2 Å².